The van der Waals surface area contributed by atoms with E-state index in [1.165, 1.54) is 0 Å². The van der Waals surface area contributed by atoms with Crippen LogP contribution in [0.2, 0.25) is 0 Å². The van der Waals surface area contributed by atoms with Crippen LogP contribution >= 0.6 is 0 Å². The number of hydrogen-bond acceptors (Lipinski definition) is 5. The molecular weight excluding hydrogens is 366 g/mol. The number of nitrogens with zero attached hydrogens (tertiary/aromatic N) is 4. The first kappa shape index (κ1) is 18.7. The quantitative estimate of drug-likeness (QED) is 0.545. The Morgan fingerprint density at radius 1 is 1.07 bits per heavy atom. The predicted octanol–water partition coefficient (Wildman–Crippen LogP) is 3.60. The van der Waals surface area contributed by atoms with Gasteiger partial charge in [0.15, 0.2) is 5.82 Å². The van der Waals surface area contributed by atoms with E-state index in [4.69, 9.17) is 4.52 Å². The topological polar surface area (TPSA) is 78.3 Å². The predicted molar refractivity (Wildman–Crippen MR) is 113 cm³/mol. The van der Waals surface area contributed by atoms with Gasteiger partial charge in [0.2, 0.25) is 0 Å². The van der Waals surface area contributed by atoms with Crippen molar-refractivity contribution in [3.05, 3.63) is 66.0 Å². The Hall–Kier alpha value is -3.61. The van der Waals surface area contributed by atoms with E-state index in [0.29, 0.717) is 30.2 Å². The number of H-pyrrole nitrogens is 1. The Bertz CT molecular complexity index is 1090. The molecule has 2 heterocycles. The van der Waals surface area contributed by atoms with E-state index in [9.17, 15) is 4.79 Å². The Balaban J connectivity index is 1.39. The first-order valence-electron chi connectivity index (χ1n) is 9.45. The molecule has 0 fully saturated rings. The number of carbonyl (C=O) groups excluding carboxylic acids is 1. The average molecular weight is 389 g/mol. The van der Waals surface area contributed by atoms with Gasteiger partial charge >= 0.3 is 0 Å². The van der Waals surface area contributed by atoms with Gasteiger partial charge in [0.05, 0.1) is 0 Å². The fourth-order valence-electron chi connectivity index (χ4n) is 3.15. The van der Waals surface area contributed by atoms with Crippen molar-refractivity contribution in [3.8, 4) is 11.6 Å². The lowest BCUT2D eigenvalue weighted by atomic mass is 10.1. The number of fused-ring (bicyclic) bond motifs is 1. The molecule has 0 spiro atoms. The summed E-state index contributed by atoms with van der Waals surface area (Å²) in [6.07, 6.45) is 0.516. The molecule has 4 aromatic rings. The van der Waals surface area contributed by atoms with Crippen molar-refractivity contribution in [1.29, 1.82) is 0 Å². The SMILES string of the molecule is CN(CCc1noc(-c2cc3ccccc3[nH]2)n1)C(=O)c1ccc(N(C)C)cc1. The molecule has 0 bridgehead atoms. The van der Waals surface area contributed by atoms with Crippen LogP contribution in [0.25, 0.3) is 22.5 Å². The number of aromatic amines is 1. The van der Waals surface area contributed by atoms with E-state index in [0.717, 1.165) is 22.3 Å². The smallest absolute Gasteiger partial charge is 0.274 e. The Morgan fingerprint density at radius 3 is 2.55 bits per heavy atom. The minimum absolute atomic E-state index is 0.0327. The first-order valence-corrected chi connectivity index (χ1v) is 9.45. The number of carbonyl (C=O) groups is 1. The number of nitrogens with one attached hydrogen (secondary N) is 1. The lowest BCUT2D eigenvalue weighted by molar-refractivity contribution is 0.0796. The van der Waals surface area contributed by atoms with Crippen molar-refractivity contribution in [2.24, 2.45) is 0 Å². The van der Waals surface area contributed by atoms with Gasteiger partial charge in [-0.2, -0.15) is 4.98 Å². The average Bonchev–Trinajstić information content (AvgIpc) is 3.38. The van der Waals surface area contributed by atoms with Crippen LogP contribution in [0.1, 0.15) is 16.2 Å². The summed E-state index contributed by atoms with van der Waals surface area (Å²) >= 11 is 0. The van der Waals surface area contributed by atoms with Gasteiger partial charge in [0, 0.05) is 56.3 Å². The third-order valence-electron chi connectivity index (χ3n) is 4.88. The molecule has 4 rings (SSSR count). The second kappa shape index (κ2) is 7.79. The normalized spacial score (nSPS) is 11.0. The van der Waals surface area contributed by atoms with E-state index in [-0.39, 0.29) is 5.91 Å². The fourth-order valence-corrected chi connectivity index (χ4v) is 3.15. The number of hydrogen-bond donors (Lipinski definition) is 1. The van der Waals surface area contributed by atoms with Gasteiger partial charge in [-0.3, -0.25) is 4.79 Å². The van der Waals surface area contributed by atoms with Crippen LogP contribution in [0.5, 0.6) is 0 Å². The van der Waals surface area contributed by atoms with E-state index >= 15 is 0 Å². The molecule has 7 heteroatoms. The monoisotopic (exact) mass is 389 g/mol. The van der Waals surface area contributed by atoms with Gasteiger partial charge in [-0.25, -0.2) is 0 Å². The van der Waals surface area contributed by atoms with E-state index in [2.05, 4.69) is 15.1 Å². The third-order valence-corrected chi connectivity index (χ3v) is 4.88. The molecule has 148 valence electrons. The van der Waals surface area contributed by atoms with Crippen molar-refractivity contribution < 1.29 is 9.32 Å². The molecule has 0 aliphatic carbocycles. The zero-order valence-corrected chi connectivity index (χ0v) is 16.7. The Labute approximate surface area is 168 Å². The van der Waals surface area contributed by atoms with Gasteiger partial charge in [-0.15, -0.1) is 0 Å². The second-order valence-electron chi connectivity index (χ2n) is 7.20. The summed E-state index contributed by atoms with van der Waals surface area (Å²) < 4.78 is 5.39. The minimum atomic E-state index is -0.0327. The molecular formula is C22H23N5O2. The van der Waals surface area contributed by atoms with E-state index < -0.39 is 0 Å². The van der Waals surface area contributed by atoms with E-state index in [1.54, 1.807) is 11.9 Å². The first-order chi connectivity index (χ1) is 14.0. The maximum absolute atomic E-state index is 12.6. The number of likely N-dealkylation sites (N-methyl/N-ethyl adjacent to an activating group) is 1. The van der Waals surface area contributed by atoms with Crippen LogP contribution in [0.15, 0.2) is 59.1 Å². The summed E-state index contributed by atoms with van der Waals surface area (Å²) in [5.41, 5.74) is 3.52. The molecule has 0 saturated carbocycles. The van der Waals surface area contributed by atoms with Crippen molar-refractivity contribution in [2.45, 2.75) is 6.42 Å². The molecule has 7 nitrogen and oxygen atoms in total. The molecule has 0 saturated heterocycles. The van der Waals surface area contributed by atoms with Crippen molar-refractivity contribution in [3.63, 3.8) is 0 Å². The number of para-hydroxylation sites is 1. The van der Waals surface area contributed by atoms with Gasteiger partial charge in [-0.1, -0.05) is 23.4 Å². The highest BCUT2D eigenvalue weighted by Crippen LogP contribution is 2.22. The van der Waals surface area contributed by atoms with Crippen LogP contribution in [0, 0.1) is 0 Å². The highest BCUT2D eigenvalue weighted by molar-refractivity contribution is 5.94. The maximum Gasteiger partial charge on any atom is 0.274 e. The van der Waals surface area contributed by atoms with Gasteiger partial charge in [0.1, 0.15) is 5.69 Å². The lowest BCUT2D eigenvalue weighted by Crippen LogP contribution is -2.29. The number of benzene rings is 2. The summed E-state index contributed by atoms with van der Waals surface area (Å²) in [5.74, 6) is 0.986. The van der Waals surface area contributed by atoms with Gasteiger partial charge in [-0.05, 0) is 36.4 Å². The van der Waals surface area contributed by atoms with Crippen LogP contribution < -0.4 is 4.90 Å². The van der Waals surface area contributed by atoms with Gasteiger partial charge < -0.3 is 19.3 Å². The second-order valence-corrected chi connectivity index (χ2v) is 7.20. The summed E-state index contributed by atoms with van der Waals surface area (Å²) in [5, 5.41) is 5.14. The Morgan fingerprint density at radius 2 is 1.83 bits per heavy atom. The zero-order valence-electron chi connectivity index (χ0n) is 16.7. The number of rotatable bonds is 6. The molecule has 0 radical (unpaired) electrons. The molecule has 29 heavy (non-hydrogen) atoms. The summed E-state index contributed by atoms with van der Waals surface area (Å²) in [6, 6.07) is 17.5. The van der Waals surface area contributed by atoms with Crippen LogP contribution in [0.3, 0.4) is 0 Å². The third kappa shape index (κ3) is 3.99. The van der Waals surface area contributed by atoms with Crippen molar-refractivity contribution >= 4 is 22.5 Å². The lowest BCUT2D eigenvalue weighted by Gasteiger charge is -2.17. The number of anilines is 1. The van der Waals surface area contributed by atoms with Gasteiger partial charge in [0.25, 0.3) is 11.8 Å². The van der Waals surface area contributed by atoms with Crippen LogP contribution in [-0.4, -0.2) is 53.6 Å². The molecule has 1 amide bonds. The van der Waals surface area contributed by atoms with Crippen LogP contribution in [0.4, 0.5) is 5.69 Å². The fraction of sp³-hybridized carbons (Fsp3) is 0.227. The zero-order chi connectivity index (χ0) is 20.4. The maximum atomic E-state index is 12.6. The largest absolute Gasteiger partial charge is 0.378 e. The van der Waals surface area contributed by atoms with E-state index in [1.807, 2.05) is 73.6 Å². The number of amides is 1. The number of aromatic nitrogens is 3. The molecule has 2 aromatic heterocycles. The van der Waals surface area contributed by atoms with Crippen molar-refractivity contribution in [2.75, 3.05) is 32.6 Å². The highest BCUT2D eigenvalue weighted by atomic mass is 16.5. The standard InChI is InChI=1S/C22H23N5O2/c1-26(2)17-10-8-15(9-11-17)22(28)27(3)13-12-20-24-21(29-25-20)19-14-16-6-4-5-7-18(16)23-19/h4-11,14,23H,12-13H2,1-3H3. The summed E-state index contributed by atoms with van der Waals surface area (Å²) in [7, 11) is 5.72. The highest BCUT2D eigenvalue weighted by Gasteiger charge is 2.15. The minimum Gasteiger partial charge on any atom is -0.378 e. The summed E-state index contributed by atoms with van der Waals surface area (Å²) in [6.45, 7) is 0.500. The molecule has 0 aliphatic heterocycles. The van der Waals surface area contributed by atoms with Crippen molar-refractivity contribution in [1.82, 2.24) is 20.0 Å². The van der Waals surface area contributed by atoms with Crippen LogP contribution in [-0.2, 0) is 6.42 Å². The molecule has 1 N–H and O–H groups in total. The molecule has 0 aliphatic rings. The molecule has 0 unspecified atom stereocenters. The molecule has 0 atom stereocenters. The Kier molecular flexibility index (Phi) is 5.03. The summed E-state index contributed by atoms with van der Waals surface area (Å²) in [4.78, 5) is 24.0. The molecule has 2 aromatic carbocycles.